The van der Waals surface area contributed by atoms with Gasteiger partial charge in [-0.2, -0.15) is 0 Å². The molecule has 1 aliphatic rings. The summed E-state index contributed by atoms with van der Waals surface area (Å²) in [6, 6.07) is 14.3. The van der Waals surface area contributed by atoms with Gasteiger partial charge in [-0.3, -0.25) is 14.5 Å². The number of carbonyl (C=O) groups excluding carboxylic acids is 2. The molecule has 0 fully saturated rings. The van der Waals surface area contributed by atoms with Gasteiger partial charge < -0.3 is 9.94 Å². The Hall–Kier alpha value is -2.67. The first-order valence-electron chi connectivity index (χ1n) is 7.13. The Morgan fingerprint density at radius 3 is 2.67 bits per heavy atom. The van der Waals surface area contributed by atoms with Gasteiger partial charge in [-0.1, -0.05) is 51.4 Å². The Morgan fingerprint density at radius 2 is 1.96 bits per heavy atom. The highest BCUT2D eigenvalue weighted by Gasteiger charge is 2.36. The number of halogens is 1. The van der Waals surface area contributed by atoms with Gasteiger partial charge >= 0.3 is 5.97 Å². The summed E-state index contributed by atoms with van der Waals surface area (Å²) in [4.78, 5) is 25.6. The van der Waals surface area contributed by atoms with Gasteiger partial charge in [-0.25, -0.2) is 0 Å². The fourth-order valence-electron chi connectivity index (χ4n) is 2.45. The highest BCUT2D eigenvalue weighted by molar-refractivity contribution is 9.10. The standard InChI is InChI=1S/C17H13BrN2O4/c18-12-6-7-13-14(8-12)20(17(22)16(13)19-23)9-15(21)24-10-11-4-2-1-3-5-11/h1-8,23H,9-10H2/b19-16+. The van der Waals surface area contributed by atoms with E-state index in [4.69, 9.17) is 9.94 Å². The topological polar surface area (TPSA) is 79.2 Å². The van der Waals surface area contributed by atoms with Gasteiger partial charge in [0.25, 0.3) is 5.91 Å². The molecule has 1 aliphatic heterocycles. The molecule has 24 heavy (non-hydrogen) atoms. The van der Waals surface area contributed by atoms with E-state index >= 15 is 0 Å². The lowest BCUT2D eigenvalue weighted by molar-refractivity contribution is -0.143. The van der Waals surface area contributed by atoms with Crippen LogP contribution in [0.3, 0.4) is 0 Å². The minimum atomic E-state index is -0.544. The average Bonchev–Trinajstić information content (AvgIpc) is 2.85. The summed E-state index contributed by atoms with van der Waals surface area (Å²) in [5, 5.41) is 12.1. The Kier molecular flexibility index (Phi) is 4.61. The molecule has 2 aromatic rings. The quantitative estimate of drug-likeness (QED) is 0.496. The highest BCUT2D eigenvalue weighted by Crippen LogP contribution is 2.32. The van der Waals surface area contributed by atoms with Crippen molar-refractivity contribution >= 4 is 39.2 Å². The van der Waals surface area contributed by atoms with Crippen LogP contribution in [0.5, 0.6) is 0 Å². The van der Waals surface area contributed by atoms with Gasteiger partial charge in [-0.05, 0) is 23.8 Å². The zero-order chi connectivity index (χ0) is 17.1. The van der Waals surface area contributed by atoms with Gasteiger partial charge in [0.1, 0.15) is 13.2 Å². The molecular formula is C17H13BrN2O4. The number of anilines is 1. The molecule has 0 unspecified atom stereocenters. The van der Waals surface area contributed by atoms with Crippen molar-refractivity contribution in [1.82, 2.24) is 0 Å². The molecule has 0 saturated carbocycles. The minimum Gasteiger partial charge on any atom is -0.459 e. The van der Waals surface area contributed by atoms with Crippen LogP contribution in [-0.4, -0.2) is 29.3 Å². The zero-order valence-electron chi connectivity index (χ0n) is 12.5. The predicted molar refractivity (Wildman–Crippen MR) is 91.1 cm³/mol. The number of carbonyl (C=O) groups is 2. The minimum absolute atomic E-state index is 0.0895. The molecule has 0 aliphatic carbocycles. The smallest absolute Gasteiger partial charge is 0.326 e. The fraction of sp³-hybridized carbons (Fsp3) is 0.118. The third-order valence-corrected chi connectivity index (χ3v) is 4.08. The van der Waals surface area contributed by atoms with Crippen LogP contribution < -0.4 is 4.90 Å². The lowest BCUT2D eigenvalue weighted by Crippen LogP contribution is -2.35. The normalized spacial score (nSPS) is 14.8. The zero-order valence-corrected chi connectivity index (χ0v) is 14.1. The Bertz CT molecular complexity index is 821. The number of amides is 1. The van der Waals surface area contributed by atoms with Crippen LogP contribution >= 0.6 is 15.9 Å². The van der Waals surface area contributed by atoms with E-state index in [0.29, 0.717) is 11.3 Å². The third-order valence-electron chi connectivity index (χ3n) is 3.58. The van der Waals surface area contributed by atoms with Crippen LogP contribution in [-0.2, 0) is 20.9 Å². The number of fused-ring (bicyclic) bond motifs is 1. The van der Waals surface area contributed by atoms with E-state index in [2.05, 4.69) is 21.1 Å². The molecular weight excluding hydrogens is 376 g/mol. The largest absolute Gasteiger partial charge is 0.459 e. The molecule has 0 aromatic heterocycles. The SMILES string of the molecule is O=C(CN1C(=O)/C(=N/O)c2ccc(Br)cc21)OCc1ccccc1. The lowest BCUT2D eigenvalue weighted by atomic mass is 10.1. The van der Waals surface area contributed by atoms with Gasteiger partial charge in [0.05, 0.1) is 5.69 Å². The van der Waals surface area contributed by atoms with Crippen molar-refractivity contribution in [2.75, 3.05) is 11.4 Å². The van der Waals surface area contributed by atoms with E-state index in [1.807, 2.05) is 30.3 Å². The second kappa shape index (κ2) is 6.84. The Balaban J connectivity index is 1.74. The number of esters is 1. The first kappa shape index (κ1) is 16.2. The maximum Gasteiger partial charge on any atom is 0.326 e. The molecule has 2 aromatic carbocycles. The summed E-state index contributed by atoms with van der Waals surface area (Å²) >= 11 is 3.33. The Morgan fingerprint density at radius 1 is 1.21 bits per heavy atom. The summed E-state index contributed by atoms with van der Waals surface area (Å²) in [6.07, 6.45) is 0. The van der Waals surface area contributed by atoms with Crippen LogP contribution in [0.4, 0.5) is 5.69 Å². The van der Waals surface area contributed by atoms with Gasteiger partial charge in [0.15, 0.2) is 5.71 Å². The Labute approximate surface area is 146 Å². The number of rotatable bonds is 4. The van der Waals surface area contributed by atoms with Gasteiger partial charge in [0, 0.05) is 10.0 Å². The van der Waals surface area contributed by atoms with Gasteiger partial charge in [-0.15, -0.1) is 0 Å². The van der Waals surface area contributed by atoms with Crippen molar-refractivity contribution in [2.45, 2.75) is 6.61 Å². The summed E-state index contributed by atoms with van der Waals surface area (Å²) in [5.74, 6) is -1.08. The third kappa shape index (κ3) is 3.16. The van der Waals surface area contributed by atoms with Crippen molar-refractivity contribution in [3.63, 3.8) is 0 Å². The van der Waals surface area contributed by atoms with Crippen LogP contribution in [0.1, 0.15) is 11.1 Å². The lowest BCUT2D eigenvalue weighted by Gasteiger charge is -2.16. The number of oxime groups is 1. The molecule has 0 spiro atoms. The summed E-state index contributed by atoms with van der Waals surface area (Å²) in [7, 11) is 0. The average molecular weight is 389 g/mol. The number of ether oxygens (including phenoxy) is 1. The molecule has 0 bridgehead atoms. The van der Waals surface area contributed by atoms with Crippen LogP contribution in [0.2, 0.25) is 0 Å². The van der Waals surface area contributed by atoms with Crippen LogP contribution in [0.25, 0.3) is 0 Å². The monoisotopic (exact) mass is 388 g/mol. The van der Waals surface area contributed by atoms with Crippen molar-refractivity contribution in [3.8, 4) is 0 Å². The molecule has 122 valence electrons. The molecule has 6 nitrogen and oxygen atoms in total. The fourth-order valence-corrected chi connectivity index (χ4v) is 2.80. The van der Waals surface area contributed by atoms with Crippen molar-refractivity contribution in [2.24, 2.45) is 5.16 Å². The van der Waals surface area contributed by atoms with E-state index in [9.17, 15) is 9.59 Å². The molecule has 1 N–H and O–H groups in total. The molecule has 0 saturated heterocycles. The van der Waals surface area contributed by atoms with Gasteiger partial charge in [0.2, 0.25) is 0 Å². The first-order valence-corrected chi connectivity index (χ1v) is 7.93. The van der Waals surface area contributed by atoms with E-state index in [-0.39, 0.29) is 18.9 Å². The predicted octanol–water partition coefficient (Wildman–Crippen LogP) is 2.72. The van der Waals surface area contributed by atoms with Crippen molar-refractivity contribution < 1.29 is 19.5 Å². The molecule has 3 rings (SSSR count). The first-order chi connectivity index (χ1) is 11.6. The maximum atomic E-state index is 12.3. The van der Waals surface area contributed by atoms with E-state index in [0.717, 1.165) is 10.0 Å². The second-order valence-corrected chi connectivity index (χ2v) is 6.06. The van der Waals surface area contributed by atoms with Crippen LogP contribution in [0, 0.1) is 0 Å². The molecule has 0 atom stereocenters. The van der Waals surface area contributed by atoms with Crippen LogP contribution in [0.15, 0.2) is 58.2 Å². The number of hydrogen-bond acceptors (Lipinski definition) is 5. The van der Waals surface area contributed by atoms with Crippen molar-refractivity contribution in [1.29, 1.82) is 0 Å². The highest BCUT2D eigenvalue weighted by atomic mass is 79.9. The number of hydrogen-bond donors (Lipinski definition) is 1. The summed E-state index contributed by atoms with van der Waals surface area (Å²) in [6.45, 7) is -0.123. The molecule has 1 amide bonds. The van der Waals surface area contributed by atoms with E-state index < -0.39 is 11.9 Å². The molecule has 1 heterocycles. The number of nitrogens with zero attached hydrogens (tertiary/aromatic N) is 2. The number of benzene rings is 2. The van der Waals surface area contributed by atoms with E-state index in [1.165, 1.54) is 4.90 Å². The van der Waals surface area contributed by atoms with Crippen molar-refractivity contribution in [3.05, 3.63) is 64.1 Å². The molecule has 0 radical (unpaired) electrons. The molecule has 7 heteroatoms. The summed E-state index contributed by atoms with van der Waals surface area (Å²) < 4.78 is 5.95. The maximum absolute atomic E-state index is 12.3. The second-order valence-electron chi connectivity index (χ2n) is 5.15. The summed E-state index contributed by atoms with van der Waals surface area (Å²) in [5.41, 5.74) is 1.74. The van der Waals surface area contributed by atoms with E-state index in [1.54, 1.807) is 18.2 Å².